The number of hydrogen-bond donors (Lipinski definition) is 1. The standard InChI is InChI=1S/C24H20BrClFNO3/c1-15-7-9-18(26)13-21(15)28-23(29)10-8-16-11-19(25)24(22(12-16)30-2)31-14-17-5-3-4-6-20(17)27/h3-13H,14H2,1-2H3,(H,28,29)/b10-8+. The molecule has 3 rings (SSSR count). The third-order valence-electron chi connectivity index (χ3n) is 4.47. The van der Waals surface area contributed by atoms with Gasteiger partial charge in [0.2, 0.25) is 5.91 Å². The first-order valence-corrected chi connectivity index (χ1v) is 10.5. The van der Waals surface area contributed by atoms with Gasteiger partial charge in [0, 0.05) is 22.3 Å². The van der Waals surface area contributed by atoms with Crippen molar-refractivity contribution in [1.82, 2.24) is 0 Å². The SMILES string of the molecule is COc1cc(/C=C/C(=O)Nc2cc(Cl)ccc2C)cc(Br)c1OCc1ccccc1F. The van der Waals surface area contributed by atoms with Crippen molar-refractivity contribution in [2.75, 3.05) is 12.4 Å². The number of amides is 1. The fourth-order valence-corrected chi connectivity index (χ4v) is 3.56. The molecule has 0 saturated carbocycles. The van der Waals surface area contributed by atoms with Gasteiger partial charge in [0.15, 0.2) is 11.5 Å². The van der Waals surface area contributed by atoms with Crippen molar-refractivity contribution in [3.63, 3.8) is 0 Å². The van der Waals surface area contributed by atoms with E-state index in [4.69, 9.17) is 21.1 Å². The first-order chi connectivity index (χ1) is 14.9. The van der Waals surface area contributed by atoms with Crippen LogP contribution in [0.2, 0.25) is 5.02 Å². The summed E-state index contributed by atoms with van der Waals surface area (Å²) < 4.78 is 25.7. The molecule has 3 aromatic carbocycles. The van der Waals surface area contributed by atoms with Gasteiger partial charge in [0.05, 0.1) is 11.6 Å². The van der Waals surface area contributed by atoms with E-state index >= 15 is 0 Å². The number of carbonyl (C=O) groups excluding carboxylic acids is 1. The van der Waals surface area contributed by atoms with Crippen LogP contribution in [0.4, 0.5) is 10.1 Å². The van der Waals surface area contributed by atoms with E-state index < -0.39 is 0 Å². The molecule has 0 aliphatic heterocycles. The Labute approximate surface area is 193 Å². The molecule has 0 fully saturated rings. The fourth-order valence-electron chi connectivity index (χ4n) is 2.82. The highest BCUT2D eigenvalue weighted by atomic mass is 79.9. The Hall–Kier alpha value is -2.83. The summed E-state index contributed by atoms with van der Waals surface area (Å²) in [6.07, 6.45) is 3.07. The third kappa shape index (κ3) is 6.09. The molecule has 0 spiro atoms. The van der Waals surface area contributed by atoms with Crippen LogP contribution in [0.3, 0.4) is 0 Å². The highest BCUT2D eigenvalue weighted by Crippen LogP contribution is 2.37. The van der Waals surface area contributed by atoms with Crippen molar-refractivity contribution in [1.29, 1.82) is 0 Å². The Morgan fingerprint density at radius 3 is 2.71 bits per heavy atom. The number of hydrogen-bond acceptors (Lipinski definition) is 3. The minimum Gasteiger partial charge on any atom is -0.493 e. The molecule has 1 N–H and O–H groups in total. The number of halogens is 3. The number of benzene rings is 3. The molecule has 0 unspecified atom stereocenters. The molecule has 0 aliphatic rings. The summed E-state index contributed by atoms with van der Waals surface area (Å²) in [5.41, 5.74) is 2.72. The molecule has 3 aromatic rings. The maximum absolute atomic E-state index is 13.8. The summed E-state index contributed by atoms with van der Waals surface area (Å²) >= 11 is 9.45. The van der Waals surface area contributed by atoms with E-state index in [-0.39, 0.29) is 18.3 Å². The van der Waals surface area contributed by atoms with Crippen LogP contribution in [0.5, 0.6) is 11.5 Å². The average molecular weight is 505 g/mol. The van der Waals surface area contributed by atoms with E-state index in [1.165, 1.54) is 19.3 Å². The zero-order valence-electron chi connectivity index (χ0n) is 16.9. The molecule has 31 heavy (non-hydrogen) atoms. The lowest BCUT2D eigenvalue weighted by atomic mass is 10.1. The van der Waals surface area contributed by atoms with Crippen molar-refractivity contribution < 1.29 is 18.7 Å². The summed E-state index contributed by atoms with van der Waals surface area (Å²) in [5.74, 6) is 0.275. The molecule has 0 bridgehead atoms. The van der Waals surface area contributed by atoms with Gasteiger partial charge in [-0.2, -0.15) is 0 Å². The molecule has 0 heterocycles. The molecule has 0 saturated heterocycles. The highest BCUT2D eigenvalue weighted by molar-refractivity contribution is 9.10. The lowest BCUT2D eigenvalue weighted by Gasteiger charge is -2.14. The predicted molar refractivity (Wildman–Crippen MR) is 125 cm³/mol. The monoisotopic (exact) mass is 503 g/mol. The van der Waals surface area contributed by atoms with Crippen molar-refractivity contribution in [3.05, 3.63) is 92.7 Å². The average Bonchev–Trinajstić information content (AvgIpc) is 2.74. The maximum Gasteiger partial charge on any atom is 0.248 e. The summed E-state index contributed by atoms with van der Waals surface area (Å²) in [5, 5.41) is 3.35. The van der Waals surface area contributed by atoms with Crippen LogP contribution < -0.4 is 14.8 Å². The Morgan fingerprint density at radius 2 is 1.97 bits per heavy atom. The van der Waals surface area contributed by atoms with E-state index in [1.807, 2.05) is 13.0 Å². The fraction of sp³-hybridized carbons (Fsp3) is 0.125. The highest BCUT2D eigenvalue weighted by Gasteiger charge is 2.13. The molecule has 7 heteroatoms. The molecule has 4 nitrogen and oxygen atoms in total. The van der Waals surface area contributed by atoms with Crippen LogP contribution in [0.15, 0.2) is 65.1 Å². The number of carbonyl (C=O) groups is 1. The molecule has 0 radical (unpaired) electrons. The van der Waals surface area contributed by atoms with Gasteiger partial charge in [0.1, 0.15) is 12.4 Å². The predicted octanol–water partition coefficient (Wildman–Crippen LogP) is 6.79. The van der Waals surface area contributed by atoms with Crippen LogP contribution in [-0.4, -0.2) is 13.0 Å². The smallest absolute Gasteiger partial charge is 0.248 e. The topological polar surface area (TPSA) is 47.6 Å². The third-order valence-corrected chi connectivity index (χ3v) is 5.29. The Morgan fingerprint density at radius 1 is 1.19 bits per heavy atom. The molecular weight excluding hydrogens is 485 g/mol. The number of anilines is 1. The summed E-state index contributed by atoms with van der Waals surface area (Å²) in [6.45, 7) is 1.94. The lowest BCUT2D eigenvalue weighted by molar-refractivity contribution is -0.111. The van der Waals surface area contributed by atoms with Crippen molar-refractivity contribution in [2.24, 2.45) is 0 Å². The molecule has 0 aromatic heterocycles. The Balaban J connectivity index is 1.73. The van der Waals surface area contributed by atoms with Crippen LogP contribution in [0.25, 0.3) is 6.08 Å². The van der Waals surface area contributed by atoms with Gasteiger partial charge < -0.3 is 14.8 Å². The number of aryl methyl sites for hydroxylation is 1. The van der Waals surface area contributed by atoms with E-state index in [0.717, 1.165) is 11.1 Å². The second kappa shape index (κ2) is 10.5. The van der Waals surface area contributed by atoms with Gasteiger partial charge in [-0.1, -0.05) is 35.9 Å². The van der Waals surface area contributed by atoms with E-state index in [9.17, 15) is 9.18 Å². The largest absolute Gasteiger partial charge is 0.493 e. The van der Waals surface area contributed by atoms with Crippen molar-refractivity contribution in [3.8, 4) is 11.5 Å². The molecular formula is C24H20BrClFNO3. The van der Waals surface area contributed by atoms with Crippen LogP contribution >= 0.6 is 27.5 Å². The first-order valence-electron chi connectivity index (χ1n) is 9.36. The van der Waals surface area contributed by atoms with Gasteiger partial charge in [-0.3, -0.25) is 4.79 Å². The van der Waals surface area contributed by atoms with E-state index in [2.05, 4.69) is 21.2 Å². The number of rotatable bonds is 7. The van der Waals surface area contributed by atoms with Gasteiger partial charge >= 0.3 is 0 Å². The zero-order chi connectivity index (χ0) is 22.4. The summed E-state index contributed by atoms with van der Waals surface area (Å²) in [4.78, 5) is 12.3. The quantitative estimate of drug-likeness (QED) is 0.360. The zero-order valence-corrected chi connectivity index (χ0v) is 19.3. The Kier molecular flexibility index (Phi) is 7.71. The van der Waals surface area contributed by atoms with E-state index in [1.54, 1.807) is 48.5 Å². The second-order valence-corrected chi connectivity index (χ2v) is 7.99. The molecule has 1 amide bonds. The first kappa shape index (κ1) is 22.8. The Bertz CT molecular complexity index is 1130. The van der Waals surface area contributed by atoms with Crippen molar-refractivity contribution >= 4 is 45.2 Å². The van der Waals surface area contributed by atoms with Crippen molar-refractivity contribution in [2.45, 2.75) is 13.5 Å². The van der Waals surface area contributed by atoms with Gasteiger partial charge in [-0.15, -0.1) is 0 Å². The van der Waals surface area contributed by atoms with Gasteiger partial charge in [-0.05, 0) is 70.4 Å². The summed E-state index contributed by atoms with van der Waals surface area (Å²) in [7, 11) is 1.51. The molecule has 0 aliphatic carbocycles. The normalized spacial score (nSPS) is 10.9. The molecule has 0 atom stereocenters. The number of ether oxygens (including phenoxy) is 2. The number of nitrogens with one attached hydrogen (secondary N) is 1. The summed E-state index contributed by atoms with van der Waals surface area (Å²) in [6, 6.07) is 15.2. The number of methoxy groups -OCH3 is 1. The second-order valence-electron chi connectivity index (χ2n) is 6.70. The van der Waals surface area contributed by atoms with Crippen LogP contribution in [0, 0.1) is 12.7 Å². The maximum atomic E-state index is 13.8. The molecule has 160 valence electrons. The van der Waals surface area contributed by atoms with Gasteiger partial charge in [0.25, 0.3) is 0 Å². The van der Waals surface area contributed by atoms with E-state index in [0.29, 0.717) is 32.2 Å². The minimum absolute atomic E-state index is 0.0538. The van der Waals surface area contributed by atoms with Crippen LogP contribution in [0.1, 0.15) is 16.7 Å². The minimum atomic E-state index is -0.335. The van der Waals surface area contributed by atoms with Crippen LogP contribution in [-0.2, 0) is 11.4 Å². The van der Waals surface area contributed by atoms with Gasteiger partial charge in [-0.25, -0.2) is 4.39 Å². The lowest BCUT2D eigenvalue weighted by Crippen LogP contribution is -2.08.